The van der Waals surface area contributed by atoms with Crippen LogP contribution in [-0.4, -0.2) is 11.5 Å². The lowest BCUT2D eigenvalue weighted by molar-refractivity contribution is -0.0134. The van der Waals surface area contributed by atoms with E-state index in [1.807, 2.05) is 25.1 Å². The van der Waals surface area contributed by atoms with Gasteiger partial charge in [0.05, 0.1) is 0 Å². The van der Waals surface area contributed by atoms with Crippen molar-refractivity contribution in [2.75, 3.05) is 0 Å². The minimum atomic E-state index is 0.0492. The second-order valence-electron chi connectivity index (χ2n) is 5.04. The van der Waals surface area contributed by atoms with Crippen molar-refractivity contribution in [1.82, 2.24) is 0 Å². The molecule has 0 bridgehead atoms. The molecular weight excluding hydrogens is 243 g/mol. The van der Waals surface area contributed by atoms with Crippen molar-refractivity contribution < 1.29 is 4.74 Å². The Balaban J connectivity index is 2.11. The minimum Gasteiger partial charge on any atom is -0.489 e. The summed E-state index contributed by atoms with van der Waals surface area (Å²) in [6.07, 6.45) is 1.12. The average Bonchev–Trinajstić information content (AvgIpc) is 2.21. The normalized spacial score (nSPS) is 27.3. The van der Waals surface area contributed by atoms with Gasteiger partial charge in [-0.3, -0.25) is 0 Å². The van der Waals surface area contributed by atoms with Crippen LogP contribution in [-0.2, 0) is 0 Å². The van der Waals surface area contributed by atoms with Gasteiger partial charge < -0.3 is 4.74 Å². The summed E-state index contributed by atoms with van der Waals surface area (Å²) in [6, 6.07) is 5.70. The van der Waals surface area contributed by atoms with Gasteiger partial charge in [0.1, 0.15) is 11.9 Å². The summed E-state index contributed by atoms with van der Waals surface area (Å²) in [5.41, 5.74) is 1.12. The van der Waals surface area contributed by atoms with Gasteiger partial charge in [-0.2, -0.15) is 0 Å². The van der Waals surface area contributed by atoms with Gasteiger partial charge in [0.2, 0.25) is 0 Å². The van der Waals surface area contributed by atoms with Gasteiger partial charge in [-0.05, 0) is 30.7 Å². The van der Waals surface area contributed by atoms with Crippen LogP contribution in [0, 0.1) is 12.3 Å². The predicted octanol–water partition coefficient (Wildman–Crippen LogP) is 4.43. The van der Waals surface area contributed by atoms with Gasteiger partial charge in [0.25, 0.3) is 0 Å². The number of ether oxygens (including phenoxy) is 1. The Labute approximate surface area is 107 Å². The molecule has 0 N–H and O–H groups in total. The van der Waals surface area contributed by atoms with Crippen LogP contribution in [0.1, 0.15) is 25.8 Å². The van der Waals surface area contributed by atoms with Crippen LogP contribution >= 0.6 is 23.2 Å². The first-order valence-corrected chi connectivity index (χ1v) is 6.29. The van der Waals surface area contributed by atoms with E-state index < -0.39 is 0 Å². The number of alkyl halides is 1. The smallest absolute Gasteiger partial charge is 0.122 e. The van der Waals surface area contributed by atoms with Crippen molar-refractivity contribution in [2.45, 2.75) is 38.7 Å². The lowest BCUT2D eigenvalue weighted by Gasteiger charge is -2.48. The van der Waals surface area contributed by atoms with E-state index in [4.69, 9.17) is 27.9 Å². The molecule has 2 atom stereocenters. The van der Waals surface area contributed by atoms with E-state index in [1.165, 1.54) is 0 Å². The SMILES string of the molecule is Cc1cc(Cl)ccc1OC1CC(Cl)C1(C)C. The molecule has 3 heteroatoms. The molecule has 0 aliphatic heterocycles. The molecule has 0 saturated heterocycles. The number of rotatable bonds is 2. The molecule has 0 heterocycles. The van der Waals surface area contributed by atoms with Crippen LogP contribution in [0.2, 0.25) is 5.02 Å². The molecule has 1 nitrogen and oxygen atoms in total. The Bertz CT molecular complexity index is 401. The lowest BCUT2D eigenvalue weighted by atomic mass is 9.68. The predicted molar refractivity (Wildman–Crippen MR) is 68.6 cm³/mol. The number of benzene rings is 1. The third-order valence-corrected chi connectivity index (χ3v) is 4.44. The highest BCUT2D eigenvalue weighted by atomic mass is 35.5. The molecule has 2 rings (SSSR count). The highest BCUT2D eigenvalue weighted by Gasteiger charge is 2.49. The summed E-state index contributed by atoms with van der Waals surface area (Å²) in [7, 11) is 0. The molecule has 1 aliphatic carbocycles. The third kappa shape index (κ3) is 2.03. The van der Waals surface area contributed by atoms with Crippen molar-refractivity contribution in [3.8, 4) is 5.75 Å². The van der Waals surface area contributed by atoms with E-state index in [-0.39, 0.29) is 16.9 Å². The van der Waals surface area contributed by atoms with Gasteiger partial charge in [0.15, 0.2) is 0 Å². The van der Waals surface area contributed by atoms with E-state index in [0.29, 0.717) is 0 Å². The van der Waals surface area contributed by atoms with E-state index in [0.717, 1.165) is 22.8 Å². The molecule has 0 aromatic heterocycles. The molecule has 1 aromatic rings. The lowest BCUT2D eigenvalue weighted by Crippen LogP contribution is -2.53. The van der Waals surface area contributed by atoms with Crippen molar-refractivity contribution in [2.24, 2.45) is 5.41 Å². The zero-order chi connectivity index (χ0) is 11.9. The number of halogens is 2. The fraction of sp³-hybridized carbons (Fsp3) is 0.538. The molecule has 0 spiro atoms. The Hall–Kier alpha value is -0.400. The maximum Gasteiger partial charge on any atom is 0.122 e. The van der Waals surface area contributed by atoms with Crippen molar-refractivity contribution in [3.05, 3.63) is 28.8 Å². The van der Waals surface area contributed by atoms with Crippen molar-refractivity contribution in [1.29, 1.82) is 0 Å². The first-order chi connectivity index (χ1) is 7.41. The molecule has 88 valence electrons. The largest absolute Gasteiger partial charge is 0.489 e. The number of hydrogen-bond donors (Lipinski definition) is 0. The summed E-state index contributed by atoms with van der Waals surface area (Å²) in [5, 5.41) is 0.957. The zero-order valence-corrected chi connectivity index (χ0v) is 11.3. The van der Waals surface area contributed by atoms with Gasteiger partial charge in [-0.25, -0.2) is 0 Å². The monoisotopic (exact) mass is 258 g/mol. The van der Waals surface area contributed by atoms with Gasteiger partial charge in [-0.1, -0.05) is 25.4 Å². The zero-order valence-electron chi connectivity index (χ0n) is 9.76. The average molecular weight is 259 g/mol. The molecule has 1 saturated carbocycles. The van der Waals surface area contributed by atoms with Crippen LogP contribution in [0.4, 0.5) is 0 Å². The van der Waals surface area contributed by atoms with Crippen LogP contribution in [0.25, 0.3) is 0 Å². The summed E-state index contributed by atoms with van der Waals surface area (Å²) >= 11 is 12.1. The number of hydrogen-bond acceptors (Lipinski definition) is 1. The molecule has 0 amide bonds. The Morgan fingerprint density at radius 2 is 2.06 bits per heavy atom. The summed E-state index contributed by atoms with van der Waals surface area (Å²) < 4.78 is 5.98. The maximum absolute atomic E-state index is 6.17. The summed E-state index contributed by atoms with van der Waals surface area (Å²) in [5.74, 6) is 0.908. The summed E-state index contributed by atoms with van der Waals surface area (Å²) in [6.45, 7) is 6.29. The Kier molecular flexibility index (Phi) is 3.11. The molecule has 1 aliphatic rings. The second-order valence-corrected chi connectivity index (χ2v) is 6.00. The maximum atomic E-state index is 6.17. The Morgan fingerprint density at radius 3 is 2.56 bits per heavy atom. The molecule has 0 radical (unpaired) electrons. The standard InChI is InChI=1S/C13H16Cl2O/c1-8-6-9(14)4-5-10(8)16-12-7-11(15)13(12,2)3/h4-6,11-12H,7H2,1-3H3. The number of aryl methyl sites for hydroxylation is 1. The van der Waals surface area contributed by atoms with E-state index in [9.17, 15) is 0 Å². The molecule has 2 unspecified atom stereocenters. The summed E-state index contributed by atoms with van der Waals surface area (Å²) in [4.78, 5) is 0. The van der Waals surface area contributed by atoms with Gasteiger partial charge in [-0.15, -0.1) is 11.6 Å². The van der Waals surface area contributed by atoms with Gasteiger partial charge in [0, 0.05) is 22.2 Å². The first-order valence-electron chi connectivity index (χ1n) is 5.48. The van der Waals surface area contributed by atoms with E-state index in [2.05, 4.69) is 13.8 Å². The van der Waals surface area contributed by atoms with Crippen LogP contribution in [0.3, 0.4) is 0 Å². The highest BCUT2D eigenvalue weighted by molar-refractivity contribution is 6.30. The van der Waals surface area contributed by atoms with E-state index >= 15 is 0 Å². The first kappa shape index (κ1) is 12.1. The fourth-order valence-electron chi connectivity index (χ4n) is 1.93. The molecular formula is C13H16Cl2O. The third-order valence-electron chi connectivity index (χ3n) is 3.46. The van der Waals surface area contributed by atoms with Crippen LogP contribution in [0.5, 0.6) is 5.75 Å². The molecule has 1 aromatic carbocycles. The second kappa shape index (κ2) is 4.12. The van der Waals surface area contributed by atoms with Crippen LogP contribution < -0.4 is 4.74 Å². The topological polar surface area (TPSA) is 9.23 Å². The van der Waals surface area contributed by atoms with Crippen molar-refractivity contribution in [3.63, 3.8) is 0 Å². The molecule has 16 heavy (non-hydrogen) atoms. The highest BCUT2D eigenvalue weighted by Crippen LogP contribution is 2.46. The van der Waals surface area contributed by atoms with E-state index in [1.54, 1.807) is 0 Å². The van der Waals surface area contributed by atoms with Crippen molar-refractivity contribution >= 4 is 23.2 Å². The van der Waals surface area contributed by atoms with Crippen LogP contribution in [0.15, 0.2) is 18.2 Å². The molecule has 1 fully saturated rings. The fourth-order valence-corrected chi connectivity index (χ4v) is 2.46. The quantitative estimate of drug-likeness (QED) is 0.714. The Morgan fingerprint density at radius 1 is 1.38 bits per heavy atom. The minimum absolute atomic E-state index is 0.0492. The van der Waals surface area contributed by atoms with Gasteiger partial charge >= 0.3 is 0 Å².